The molecule has 3 aromatic rings. The Kier molecular flexibility index (Phi) is 5.17. The Labute approximate surface area is 139 Å². The van der Waals surface area contributed by atoms with Crippen LogP contribution in [0.5, 0.6) is 0 Å². The fraction of sp³-hybridized carbons (Fsp3) is 0.158. The number of esters is 1. The van der Waals surface area contributed by atoms with Crippen molar-refractivity contribution >= 4 is 17.3 Å². The van der Waals surface area contributed by atoms with Gasteiger partial charge in [-0.15, -0.1) is 11.3 Å². The van der Waals surface area contributed by atoms with Gasteiger partial charge in [0, 0.05) is 17.4 Å². The molecule has 2 aromatic carbocycles. The number of nitrogens with zero attached hydrogens (tertiary/aromatic N) is 1. The number of hydrogen-bond acceptors (Lipinski definition) is 4. The Morgan fingerprint density at radius 3 is 2.43 bits per heavy atom. The zero-order valence-electron chi connectivity index (χ0n) is 12.6. The van der Waals surface area contributed by atoms with E-state index < -0.39 is 0 Å². The first kappa shape index (κ1) is 15.4. The third-order valence-corrected chi connectivity index (χ3v) is 4.35. The van der Waals surface area contributed by atoms with Gasteiger partial charge in [-0.3, -0.25) is 4.79 Å². The summed E-state index contributed by atoms with van der Waals surface area (Å²) in [5, 5.41) is 2.88. The number of thiazole rings is 1. The number of carbonyl (C=O) groups is 1. The lowest BCUT2D eigenvalue weighted by Gasteiger charge is -2.03. The van der Waals surface area contributed by atoms with Gasteiger partial charge in [0.15, 0.2) is 0 Å². The minimum atomic E-state index is -0.192. The highest BCUT2D eigenvalue weighted by atomic mass is 32.1. The van der Waals surface area contributed by atoms with Crippen molar-refractivity contribution < 1.29 is 9.53 Å². The largest absolute Gasteiger partial charge is 0.459 e. The first-order valence-corrected chi connectivity index (χ1v) is 8.38. The number of aryl methyl sites for hydroxylation is 1. The molecular formula is C19H17NO2S. The van der Waals surface area contributed by atoms with Crippen molar-refractivity contribution in [3.8, 4) is 10.6 Å². The van der Waals surface area contributed by atoms with Crippen LogP contribution in [0, 0.1) is 0 Å². The van der Waals surface area contributed by atoms with Crippen LogP contribution in [-0.2, 0) is 22.6 Å². The van der Waals surface area contributed by atoms with Crippen molar-refractivity contribution in [1.29, 1.82) is 0 Å². The van der Waals surface area contributed by atoms with Crippen LogP contribution in [0.3, 0.4) is 0 Å². The van der Waals surface area contributed by atoms with Gasteiger partial charge in [-0.25, -0.2) is 4.98 Å². The third-order valence-electron chi connectivity index (χ3n) is 3.41. The molecule has 3 rings (SSSR count). The zero-order chi connectivity index (χ0) is 15.9. The van der Waals surface area contributed by atoms with Crippen molar-refractivity contribution in [2.75, 3.05) is 0 Å². The molecule has 0 saturated heterocycles. The average Bonchev–Trinajstić information content (AvgIpc) is 3.09. The second kappa shape index (κ2) is 7.70. The van der Waals surface area contributed by atoms with E-state index >= 15 is 0 Å². The molecule has 1 aromatic heterocycles. The van der Waals surface area contributed by atoms with Crippen molar-refractivity contribution in [2.45, 2.75) is 19.4 Å². The summed E-state index contributed by atoms with van der Waals surface area (Å²) in [7, 11) is 0. The van der Waals surface area contributed by atoms with Gasteiger partial charge in [-0.05, 0) is 12.0 Å². The van der Waals surface area contributed by atoms with E-state index in [9.17, 15) is 4.79 Å². The van der Waals surface area contributed by atoms with E-state index in [1.807, 2.05) is 66.0 Å². The summed E-state index contributed by atoms with van der Waals surface area (Å²) < 4.78 is 5.30. The van der Waals surface area contributed by atoms with Gasteiger partial charge in [0.05, 0.1) is 5.69 Å². The lowest BCUT2D eigenvalue weighted by atomic mass is 10.1. The Morgan fingerprint density at radius 1 is 1.00 bits per heavy atom. The molecule has 0 bridgehead atoms. The van der Waals surface area contributed by atoms with Gasteiger partial charge < -0.3 is 4.74 Å². The van der Waals surface area contributed by atoms with E-state index in [0.29, 0.717) is 12.8 Å². The average molecular weight is 323 g/mol. The molecular weight excluding hydrogens is 306 g/mol. The van der Waals surface area contributed by atoms with Crippen LogP contribution in [-0.4, -0.2) is 11.0 Å². The summed E-state index contributed by atoms with van der Waals surface area (Å²) in [6.07, 6.45) is 1.09. The number of hydrogen-bond donors (Lipinski definition) is 0. The lowest BCUT2D eigenvalue weighted by Crippen LogP contribution is -2.06. The molecule has 0 N–H and O–H groups in total. The monoisotopic (exact) mass is 323 g/mol. The molecule has 3 nitrogen and oxygen atoms in total. The molecule has 116 valence electrons. The van der Waals surface area contributed by atoms with Crippen LogP contribution in [0.4, 0.5) is 0 Å². The molecule has 0 amide bonds. The Bertz CT molecular complexity index is 753. The van der Waals surface area contributed by atoms with E-state index in [4.69, 9.17) is 4.74 Å². The van der Waals surface area contributed by atoms with Crippen LogP contribution in [0.15, 0.2) is 66.0 Å². The highest BCUT2D eigenvalue weighted by Crippen LogP contribution is 2.23. The Hall–Kier alpha value is -2.46. The van der Waals surface area contributed by atoms with E-state index in [-0.39, 0.29) is 12.6 Å². The third kappa shape index (κ3) is 4.50. The molecule has 0 atom stereocenters. The first-order chi connectivity index (χ1) is 11.3. The summed E-state index contributed by atoms with van der Waals surface area (Å²) >= 11 is 1.56. The van der Waals surface area contributed by atoms with E-state index in [1.165, 1.54) is 0 Å². The minimum absolute atomic E-state index is 0.192. The molecule has 0 radical (unpaired) electrons. The molecule has 0 aliphatic carbocycles. The molecule has 0 unspecified atom stereocenters. The van der Waals surface area contributed by atoms with Crippen LogP contribution in [0.1, 0.15) is 17.7 Å². The fourth-order valence-corrected chi connectivity index (χ4v) is 3.01. The van der Waals surface area contributed by atoms with Crippen molar-refractivity contribution in [2.24, 2.45) is 0 Å². The topological polar surface area (TPSA) is 39.2 Å². The first-order valence-electron chi connectivity index (χ1n) is 7.50. The predicted octanol–water partition coefficient (Wildman–Crippen LogP) is 4.49. The summed E-state index contributed by atoms with van der Waals surface area (Å²) in [5.74, 6) is -0.192. The smallest absolute Gasteiger partial charge is 0.306 e. The standard InChI is InChI=1S/C19H17NO2S/c21-18(12-11-15-7-3-1-4-8-15)22-13-17-14-23-19(20-17)16-9-5-2-6-10-16/h1-10,14H,11-13H2. The minimum Gasteiger partial charge on any atom is -0.459 e. The van der Waals surface area contributed by atoms with Crippen molar-refractivity contribution in [1.82, 2.24) is 4.98 Å². The SMILES string of the molecule is O=C(CCc1ccccc1)OCc1csc(-c2ccccc2)n1. The molecule has 0 spiro atoms. The lowest BCUT2D eigenvalue weighted by molar-refractivity contribution is -0.145. The molecule has 1 heterocycles. The summed E-state index contributed by atoms with van der Waals surface area (Å²) in [4.78, 5) is 16.3. The van der Waals surface area contributed by atoms with Crippen molar-refractivity contribution in [3.05, 3.63) is 77.3 Å². The van der Waals surface area contributed by atoms with Crippen LogP contribution < -0.4 is 0 Å². The molecule has 0 saturated carbocycles. The highest BCUT2D eigenvalue weighted by molar-refractivity contribution is 7.13. The number of aromatic nitrogens is 1. The summed E-state index contributed by atoms with van der Waals surface area (Å²) in [6, 6.07) is 19.9. The van der Waals surface area contributed by atoms with Gasteiger partial charge >= 0.3 is 5.97 Å². The van der Waals surface area contributed by atoms with Crippen LogP contribution in [0.2, 0.25) is 0 Å². The van der Waals surface area contributed by atoms with E-state index in [0.717, 1.165) is 21.8 Å². The summed E-state index contributed by atoms with van der Waals surface area (Å²) in [5.41, 5.74) is 3.02. The second-order valence-electron chi connectivity index (χ2n) is 5.16. The maximum absolute atomic E-state index is 11.8. The van der Waals surface area contributed by atoms with Gasteiger partial charge in [0.1, 0.15) is 11.6 Å². The Morgan fingerprint density at radius 2 is 1.70 bits per heavy atom. The quantitative estimate of drug-likeness (QED) is 0.628. The van der Waals surface area contributed by atoms with Crippen LogP contribution >= 0.6 is 11.3 Å². The van der Waals surface area contributed by atoms with Crippen molar-refractivity contribution in [3.63, 3.8) is 0 Å². The number of carbonyl (C=O) groups excluding carboxylic acids is 1. The second-order valence-corrected chi connectivity index (χ2v) is 6.01. The summed E-state index contributed by atoms with van der Waals surface area (Å²) in [6.45, 7) is 0.233. The fourth-order valence-electron chi connectivity index (χ4n) is 2.20. The molecule has 0 aliphatic heterocycles. The van der Waals surface area contributed by atoms with E-state index in [1.54, 1.807) is 11.3 Å². The zero-order valence-corrected chi connectivity index (χ0v) is 13.5. The highest BCUT2D eigenvalue weighted by Gasteiger charge is 2.08. The maximum Gasteiger partial charge on any atom is 0.306 e. The van der Waals surface area contributed by atoms with Gasteiger partial charge in [0.25, 0.3) is 0 Å². The predicted molar refractivity (Wildman–Crippen MR) is 92.1 cm³/mol. The number of benzene rings is 2. The van der Waals surface area contributed by atoms with Gasteiger partial charge in [0.2, 0.25) is 0 Å². The molecule has 0 aliphatic rings. The number of rotatable bonds is 6. The van der Waals surface area contributed by atoms with Crippen LogP contribution in [0.25, 0.3) is 10.6 Å². The normalized spacial score (nSPS) is 10.4. The van der Waals surface area contributed by atoms with Gasteiger partial charge in [-0.1, -0.05) is 60.7 Å². The number of ether oxygens (including phenoxy) is 1. The molecule has 4 heteroatoms. The molecule has 0 fully saturated rings. The molecule has 23 heavy (non-hydrogen) atoms. The van der Waals surface area contributed by atoms with E-state index in [2.05, 4.69) is 4.98 Å². The van der Waals surface area contributed by atoms with Gasteiger partial charge in [-0.2, -0.15) is 0 Å². The maximum atomic E-state index is 11.8. The Balaban J connectivity index is 1.49.